The first-order valence-electron chi connectivity index (χ1n) is 6.46. The van der Waals surface area contributed by atoms with E-state index in [2.05, 4.69) is 4.90 Å². The van der Waals surface area contributed by atoms with Crippen molar-refractivity contribution in [3.63, 3.8) is 0 Å². The molecule has 5 heteroatoms. The molecule has 0 saturated carbocycles. The molecule has 0 amide bonds. The van der Waals surface area contributed by atoms with Crippen LogP contribution in [0.15, 0.2) is 18.2 Å². The molecular weight excluding hydrogens is 285 g/mol. The number of methoxy groups -OCH3 is 1. The van der Waals surface area contributed by atoms with Gasteiger partial charge in [-0.1, -0.05) is 35.3 Å². The van der Waals surface area contributed by atoms with Gasteiger partial charge in [0.1, 0.15) is 0 Å². The van der Waals surface area contributed by atoms with E-state index in [1.54, 1.807) is 7.11 Å². The van der Waals surface area contributed by atoms with Crippen LogP contribution in [0.3, 0.4) is 0 Å². The Morgan fingerprint density at radius 1 is 1.42 bits per heavy atom. The smallest absolute Gasteiger partial charge is 0.0724 e. The fourth-order valence-electron chi connectivity index (χ4n) is 2.26. The minimum atomic E-state index is 0.242. The van der Waals surface area contributed by atoms with Gasteiger partial charge in [0.15, 0.2) is 0 Å². The van der Waals surface area contributed by atoms with Crippen LogP contribution in [-0.4, -0.2) is 44.4 Å². The van der Waals surface area contributed by atoms with Crippen LogP contribution in [-0.2, 0) is 16.0 Å². The van der Waals surface area contributed by atoms with Crippen molar-refractivity contribution in [2.45, 2.75) is 19.1 Å². The summed E-state index contributed by atoms with van der Waals surface area (Å²) in [7, 11) is 1.71. The van der Waals surface area contributed by atoms with Gasteiger partial charge in [-0.3, -0.25) is 4.90 Å². The summed E-state index contributed by atoms with van der Waals surface area (Å²) in [5.74, 6) is 0. The van der Waals surface area contributed by atoms with Crippen LogP contribution >= 0.6 is 23.2 Å². The van der Waals surface area contributed by atoms with E-state index in [1.807, 2.05) is 18.2 Å². The van der Waals surface area contributed by atoms with Crippen LogP contribution in [0.25, 0.3) is 0 Å². The summed E-state index contributed by atoms with van der Waals surface area (Å²) in [6, 6.07) is 5.77. The SMILES string of the molecule is COCCC1CN(Cc2cccc(Cl)c2Cl)CCO1. The zero-order valence-electron chi connectivity index (χ0n) is 11.1. The van der Waals surface area contributed by atoms with Gasteiger partial charge in [0.2, 0.25) is 0 Å². The summed E-state index contributed by atoms with van der Waals surface area (Å²) in [4.78, 5) is 2.35. The lowest BCUT2D eigenvalue weighted by atomic mass is 10.1. The lowest BCUT2D eigenvalue weighted by Crippen LogP contribution is -2.42. The molecule has 106 valence electrons. The molecule has 0 bridgehead atoms. The average molecular weight is 304 g/mol. The van der Waals surface area contributed by atoms with E-state index in [0.29, 0.717) is 10.0 Å². The summed E-state index contributed by atoms with van der Waals surface area (Å²) in [6.45, 7) is 4.13. The minimum Gasteiger partial charge on any atom is -0.385 e. The molecule has 0 radical (unpaired) electrons. The van der Waals surface area contributed by atoms with Crippen LogP contribution in [0.2, 0.25) is 10.0 Å². The van der Waals surface area contributed by atoms with E-state index in [1.165, 1.54) is 0 Å². The van der Waals surface area contributed by atoms with Crippen LogP contribution in [0.1, 0.15) is 12.0 Å². The maximum atomic E-state index is 6.22. The van der Waals surface area contributed by atoms with E-state index in [-0.39, 0.29) is 6.10 Å². The van der Waals surface area contributed by atoms with Gasteiger partial charge in [0.25, 0.3) is 0 Å². The van der Waals surface area contributed by atoms with Gasteiger partial charge >= 0.3 is 0 Å². The molecule has 0 N–H and O–H groups in total. The second kappa shape index (κ2) is 7.46. The summed E-state index contributed by atoms with van der Waals surface area (Å²) in [5.41, 5.74) is 1.07. The molecule has 2 rings (SSSR count). The summed E-state index contributed by atoms with van der Waals surface area (Å²) >= 11 is 12.3. The van der Waals surface area contributed by atoms with Gasteiger partial charge in [-0.25, -0.2) is 0 Å². The molecule has 1 aliphatic rings. The zero-order valence-corrected chi connectivity index (χ0v) is 12.6. The predicted octanol–water partition coefficient (Wildman–Crippen LogP) is 3.23. The highest BCUT2D eigenvalue weighted by Gasteiger charge is 2.21. The first kappa shape index (κ1) is 15.1. The Hall–Kier alpha value is -0.320. The van der Waals surface area contributed by atoms with Gasteiger partial charge in [-0.05, 0) is 18.1 Å². The molecular formula is C14H19Cl2NO2. The second-order valence-electron chi connectivity index (χ2n) is 4.72. The Bertz CT molecular complexity index is 414. The second-order valence-corrected chi connectivity index (χ2v) is 5.51. The van der Waals surface area contributed by atoms with Crippen molar-refractivity contribution in [1.29, 1.82) is 0 Å². The Morgan fingerprint density at radius 3 is 3.05 bits per heavy atom. The molecule has 1 heterocycles. The van der Waals surface area contributed by atoms with Gasteiger partial charge in [-0.2, -0.15) is 0 Å². The van der Waals surface area contributed by atoms with E-state index < -0.39 is 0 Å². The Morgan fingerprint density at radius 2 is 2.26 bits per heavy atom. The molecule has 1 unspecified atom stereocenters. The van der Waals surface area contributed by atoms with Crippen LogP contribution in [0.5, 0.6) is 0 Å². The molecule has 0 aliphatic carbocycles. The summed E-state index contributed by atoms with van der Waals surface area (Å²) in [5, 5.41) is 1.27. The van der Waals surface area contributed by atoms with Crippen molar-refractivity contribution in [2.24, 2.45) is 0 Å². The van der Waals surface area contributed by atoms with Crippen LogP contribution in [0.4, 0.5) is 0 Å². The summed E-state index contributed by atoms with van der Waals surface area (Å²) < 4.78 is 10.8. The number of rotatable bonds is 5. The number of hydrogen-bond donors (Lipinski definition) is 0. The average Bonchev–Trinajstić information content (AvgIpc) is 2.42. The minimum absolute atomic E-state index is 0.242. The highest BCUT2D eigenvalue weighted by atomic mass is 35.5. The third-order valence-corrected chi connectivity index (χ3v) is 4.15. The normalized spacial score (nSPS) is 20.7. The van der Waals surface area contributed by atoms with E-state index in [9.17, 15) is 0 Å². The number of nitrogens with zero attached hydrogens (tertiary/aromatic N) is 1. The molecule has 1 saturated heterocycles. The topological polar surface area (TPSA) is 21.7 Å². The lowest BCUT2D eigenvalue weighted by Gasteiger charge is -2.33. The first-order valence-corrected chi connectivity index (χ1v) is 7.22. The highest BCUT2D eigenvalue weighted by Crippen LogP contribution is 2.27. The van der Waals surface area contributed by atoms with Crippen molar-refractivity contribution in [3.05, 3.63) is 33.8 Å². The number of morpholine rings is 1. The van der Waals surface area contributed by atoms with Crippen LogP contribution < -0.4 is 0 Å². The molecule has 19 heavy (non-hydrogen) atoms. The zero-order chi connectivity index (χ0) is 13.7. The fourth-order valence-corrected chi connectivity index (χ4v) is 2.64. The fraction of sp³-hybridized carbons (Fsp3) is 0.571. The van der Waals surface area contributed by atoms with Gasteiger partial charge in [0, 0.05) is 33.4 Å². The number of ether oxygens (including phenoxy) is 2. The highest BCUT2D eigenvalue weighted by molar-refractivity contribution is 6.42. The molecule has 1 atom stereocenters. The van der Waals surface area contributed by atoms with Crippen molar-refractivity contribution in [1.82, 2.24) is 4.90 Å². The predicted molar refractivity (Wildman–Crippen MR) is 78.0 cm³/mol. The number of hydrogen-bond acceptors (Lipinski definition) is 3. The molecule has 1 aromatic carbocycles. The number of benzene rings is 1. The Kier molecular flexibility index (Phi) is 5.92. The lowest BCUT2D eigenvalue weighted by molar-refractivity contribution is -0.0432. The van der Waals surface area contributed by atoms with Crippen molar-refractivity contribution < 1.29 is 9.47 Å². The van der Waals surface area contributed by atoms with Crippen molar-refractivity contribution in [3.8, 4) is 0 Å². The van der Waals surface area contributed by atoms with E-state index >= 15 is 0 Å². The number of halogens is 2. The van der Waals surface area contributed by atoms with Gasteiger partial charge in [-0.15, -0.1) is 0 Å². The maximum Gasteiger partial charge on any atom is 0.0724 e. The standard InChI is InChI=1S/C14H19Cl2NO2/c1-18-7-5-12-10-17(6-8-19-12)9-11-3-2-4-13(15)14(11)16/h2-4,12H,5-10H2,1H3. The van der Waals surface area contributed by atoms with E-state index in [4.69, 9.17) is 32.7 Å². The van der Waals surface area contributed by atoms with Crippen molar-refractivity contribution in [2.75, 3.05) is 33.4 Å². The van der Waals surface area contributed by atoms with E-state index in [0.717, 1.165) is 44.8 Å². The monoisotopic (exact) mass is 303 g/mol. The first-order chi connectivity index (χ1) is 9.20. The largest absolute Gasteiger partial charge is 0.385 e. The molecule has 0 aromatic heterocycles. The molecule has 1 fully saturated rings. The summed E-state index contributed by atoms with van der Waals surface area (Å²) in [6.07, 6.45) is 1.17. The van der Waals surface area contributed by atoms with Crippen LogP contribution in [0, 0.1) is 0 Å². The molecule has 3 nitrogen and oxygen atoms in total. The van der Waals surface area contributed by atoms with Gasteiger partial charge in [0.05, 0.1) is 22.8 Å². The molecule has 1 aromatic rings. The van der Waals surface area contributed by atoms with Gasteiger partial charge < -0.3 is 9.47 Å². The molecule has 0 spiro atoms. The molecule has 1 aliphatic heterocycles. The Labute approximate surface area is 124 Å². The maximum absolute atomic E-state index is 6.22. The third-order valence-electron chi connectivity index (χ3n) is 3.29. The Balaban J connectivity index is 1.93. The third kappa shape index (κ3) is 4.33. The van der Waals surface area contributed by atoms with Crippen molar-refractivity contribution >= 4 is 23.2 Å². The quantitative estimate of drug-likeness (QED) is 0.833.